The molecule has 0 unspecified atom stereocenters. The molecule has 0 aliphatic heterocycles. The summed E-state index contributed by atoms with van der Waals surface area (Å²) in [5.74, 6) is -1.50. The smallest absolute Gasteiger partial charge is 0.339 e. The van der Waals surface area contributed by atoms with Gasteiger partial charge in [0.05, 0.1) is 48.2 Å². The lowest BCUT2D eigenvalue weighted by atomic mass is 10.2. The molecule has 0 spiro atoms. The number of halogens is 4. The summed E-state index contributed by atoms with van der Waals surface area (Å²) in [6, 6.07) is 12.3. The summed E-state index contributed by atoms with van der Waals surface area (Å²) in [6.45, 7) is -0.212. The van der Waals surface area contributed by atoms with Crippen molar-refractivity contribution >= 4 is 64.3 Å². The fourth-order valence-corrected chi connectivity index (χ4v) is 3.31. The first-order valence-corrected chi connectivity index (χ1v) is 11.3. The third-order valence-corrected chi connectivity index (χ3v) is 5.13. The number of carbonyl (C=O) groups excluding carboxylic acids is 3. The van der Waals surface area contributed by atoms with Crippen molar-refractivity contribution in [2.45, 2.75) is 12.5 Å². The van der Waals surface area contributed by atoms with Crippen molar-refractivity contribution in [1.82, 2.24) is 9.97 Å². The van der Waals surface area contributed by atoms with E-state index in [1.807, 2.05) is 0 Å². The summed E-state index contributed by atoms with van der Waals surface area (Å²) in [5.41, 5.74) is 1.48. The van der Waals surface area contributed by atoms with Crippen LogP contribution in [-0.4, -0.2) is 42.1 Å². The fraction of sp³-hybridized carbons (Fsp3) is 0.174. The van der Waals surface area contributed by atoms with E-state index in [1.165, 1.54) is 38.5 Å². The number of pyridine rings is 2. The SMILES string of the molecule is COC(=O)c1ccc(Cl)nc1CCl.COC(=O)c1ccc(Cl)nc1COC(=O)c1cccc(Cl)c1. The van der Waals surface area contributed by atoms with Gasteiger partial charge in [0.15, 0.2) is 0 Å². The molecule has 0 atom stereocenters. The summed E-state index contributed by atoms with van der Waals surface area (Å²) < 4.78 is 14.3. The Morgan fingerprint density at radius 1 is 0.771 bits per heavy atom. The highest BCUT2D eigenvalue weighted by atomic mass is 35.5. The van der Waals surface area contributed by atoms with Crippen LogP contribution < -0.4 is 0 Å². The van der Waals surface area contributed by atoms with Crippen molar-refractivity contribution in [2.24, 2.45) is 0 Å². The number of esters is 3. The standard InChI is InChI=1S/C15H11Cl2NO4.C8H7Cl2NO2/c1-21-15(20)11-5-6-13(17)18-12(11)8-22-14(19)9-3-2-4-10(16)7-9;1-13-8(12)5-2-3-7(10)11-6(5)4-9/h2-7H,8H2,1H3;2-3H,4H2,1H3. The highest BCUT2D eigenvalue weighted by molar-refractivity contribution is 6.31. The zero-order chi connectivity index (χ0) is 26.0. The van der Waals surface area contributed by atoms with Crippen molar-refractivity contribution in [3.8, 4) is 0 Å². The van der Waals surface area contributed by atoms with Gasteiger partial charge in [-0.05, 0) is 42.5 Å². The molecule has 2 aromatic heterocycles. The maximum atomic E-state index is 11.9. The fourth-order valence-electron chi connectivity index (χ4n) is 2.59. The van der Waals surface area contributed by atoms with Gasteiger partial charge in [0.2, 0.25) is 0 Å². The van der Waals surface area contributed by atoms with E-state index in [0.717, 1.165) is 0 Å². The normalized spacial score (nSPS) is 10.0. The van der Waals surface area contributed by atoms with E-state index in [2.05, 4.69) is 19.4 Å². The number of benzene rings is 1. The van der Waals surface area contributed by atoms with Gasteiger partial charge in [-0.1, -0.05) is 40.9 Å². The summed E-state index contributed by atoms with van der Waals surface area (Å²) in [5, 5.41) is 0.912. The molecule has 3 rings (SSSR count). The van der Waals surface area contributed by atoms with Gasteiger partial charge >= 0.3 is 17.9 Å². The Morgan fingerprint density at radius 2 is 1.31 bits per heavy atom. The lowest BCUT2D eigenvalue weighted by molar-refractivity contribution is 0.0455. The van der Waals surface area contributed by atoms with Crippen LogP contribution in [0.4, 0.5) is 0 Å². The van der Waals surface area contributed by atoms with Crippen LogP contribution in [0.3, 0.4) is 0 Å². The molecule has 8 nitrogen and oxygen atoms in total. The molecular weight excluding hydrogens is 542 g/mol. The van der Waals surface area contributed by atoms with Crippen LogP contribution >= 0.6 is 46.4 Å². The molecule has 0 aliphatic rings. The van der Waals surface area contributed by atoms with Crippen LogP contribution in [0, 0.1) is 0 Å². The van der Waals surface area contributed by atoms with Gasteiger partial charge in [0.25, 0.3) is 0 Å². The molecule has 12 heteroatoms. The number of ether oxygens (including phenoxy) is 3. The molecule has 0 amide bonds. The zero-order valence-electron chi connectivity index (χ0n) is 18.4. The van der Waals surface area contributed by atoms with Gasteiger partial charge in [0.1, 0.15) is 16.9 Å². The number of hydrogen-bond acceptors (Lipinski definition) is 8. The summed E-state index contributed by atoms with van der Waals surface area (Å²) in [4.78, 5) is 42.6. The number of carbonyl (C=O) groups is 3. The first kappa shape index (κ1) is 28.3. The Hall–Kier alpha value is -2.91. The van der Waals surface area contributed by atoms with E-state index in [1.54, 1.807) is 24.3 Å². The van der Waals surface area contributed by atoms with Gasteiger partial charge in [-0.25, -0.2) is 24.4 Å². The first-order valence-electron chi connectivity index (χ1n) is 9.66. The molecule has 0 fully saturated rings. The van der Waals surface area contributed by atoms with Crippen LogP contribution in [0.25, 0.3) is 0 Å². The topological polar surface area (TPSA) is 105 Å². The highest BCUT2D eigenvalue weighted by Gasteiger charge is 2.16. The average Bonchev–Trinajstić information content (AvgIpc) is 2.86. The predicted molar refractivity (Wildman–Crippen MR) is 131 cm³/mol. The van der Waals surface area contributed by atoms with Crippen molar-refractivity contribution in [3.63, 3.8) is 0 Å². The van der Waals surface area contributed by atoms with E-state index < -0.39 is 17.9 Å². The van der Waals surface area contributed by atoms with Crippen molar-refractivity contribution < 1.29 is 28.6 Å². The number of hydrogen-bond donors (Lipinski definition) is 0. The molecule has 0 aliphatic carbocycles. The average molecular weight is 560 g/mol. The molecule has 184 valence electrons. The van der Waals surface area contributed by atoms with Crippen molar-refractivity contribution in [3.05, 3.63) is 91.9 Å². The van der Waals surface area contributed by atoms with Crippen LogP contribution in [0.2, 0.25) is 15.3 Å². The van der Waals surface area contributed by atoms with Crippen molar-refractivity contribution in [2.75, 3.05) is 14.2 Å². The lowest BCUT2D eigenvalue weighted by Crippen LogP contribution is -2.12. The molecule has 2 heterocycles. The molecule has 1 aromatic carbocycles. The summed E-state index contributed by atoms with van der Waals surface area (Å²) in [7, 11) is 2.55. The molecule has 3 aromatic rings. The Bertz CT molecular complexity index is 1220. The maximum Gasteiger partial charge on any atom is 0.339 e. The number of rotatable bonds is 6. The van der Waals surface area contributed by atoms with E-state index in [-0.39, 0.29) is 28.9 Å². The van der Waals surface area contributed by atoms with Gasteiger partial charge in [0, 0.05) is 5.02 Å². The van der Waals surface area contributed by atoms with Crippen LogP contribution in [0.15, 0.2) is 48.5 Å². The van der Waals surface area contributed by atoms with E-state index in [4.69, 9.17) is 51.1 Å². The van der Waals surface area contributed by atoms with E-state index in [9.17, 15) is 14.4 Å². The van der Waals surface area contributed by atoms with Gasteiger partial charge in [-0.15, -0.1) is 11.6 Å². The second kappa shape index (κ2) is 13.8. The Kier molecular flexibility index (Phi) is 11.2. The van der Waals surface area contributed by atoms with Crippen molar-refractivity contribution in [1.29, 1.82) is 0 Å². The number of nitrogens with zero attached hydrogens (tertiary/aromatic N) is 2. The summed E-state index contributed by atoms with van der Waals surface area (Å²) in [6.07, 6.45) is 0. The third kappa shape index (κ3) is 8.36. The highest BCUT2D eigenvalue weighted by Crippen LogP contribution is 2.17. The Morgan fingerprint density at radius 3 is 1.83 bits per heavy atom. The van der Waals surface area contributed by atoms with Crippen LogP contribution in [0.1, 0.15) is 42.5 Å². The molecule has 0 saturated heterocycles. The first-order chi connectivity index (χ1) is 16.7. The lowest BCUT2D eigenvalue weighted by Gasteiger charge is -2.09. The monoisotopic (exact) mass is 558 g/mol. The second-order valence-corrected chi connectivity index (χ2v) is 7.94. The molecular formula is C23H18Cl4N2O6. The number of alkyl halides is 1. The molecule has 0 saturated carbocycles. The van der Waals surface area contributed by atoms with E-state index in [0.29, 0.717) is 27.0 Å². The maximum absolute atomic E-state index is 11.9. The molecule has 0 radical (unpaired) electrons. The molecule has 0 N–H and O–H groups in total. The predicted octanol–water partition coefficient (Wildman–Crippen LogP) is 5.79. The van der Waals surface area contributed by atoms with Gasteiger partial charge in [-0.2, -0.15) is 0 Å². The molecule has 0 bridgehead atoms. The Balaban J connectivity index is 0.000000283. The molecule has 35 heavy (non-hydrogen) atoms. The van der Waals surface area contributed by atoms with Crippen LogP contribution in [0.5, 0.6) is 0 Å². The van der Waals surface area contributed by atoms with E-state index >= 15 is 0 Å². The minimum Gasteiger partial charge on any atom is -0.465 e. The minimum absolute atomic E-state index is 0.130. The van der Waals surface area contributed by atoms with Gasteiger partial charge < -0.3 is 14.2 Å². The third-order valence-electron chi connectivity index (χ3n) is 4.22. The van der Waals surface area contributed by atoms with Gasteiger partial charge in [-0.3, -0.25) is 0 Å². The number of methoxy groups -OCH3 is 2. The number of aromatic nitrogens is 2. The summed E-state index contributed by atoms with van der Waals surface area (Å²) >= 11 is 22.8. The minimum atomic E-state index is -0.585. The Labute approximate surface area is 221 Å². The van der Waals surface area contributed by atoms with Crippen LogP contribution in [-0.2, 0) is 26.7 Å². The second-order valence-electron chi connectivity index (χ2n) is 6.46. The zero-order valence-corrected chi connectivity index (χ0v) is 21.4. The largest absolute Gasteiger partial charge is 0.465 e. The quantitative estimate of drug-likeness (QED) is 0.162.